The third-order valence-electron chi connectivity index (χ3n) is 4.39. The summed E-state index contributed by atoms with van der Waals surface area (Å²) < 4.78 is 0. The van der Waals surface area contributed by atoms with E-state index in [4.69, 9.17) is 5.73 Å². The molecule has 0 aliphatic heterocycles. The summed E-state index contributed by atoms with van der Waals surface area (Å²) in [6, 6.07) is 0.223. The molecule has 19 heavy (non-hydrogen) atoms. The Kier molecular flexibility index (Phi) is 7.39. The first-order valence-electron chi connectivity index (χ1n) is 7.82. The summed E-state index contributed by atoms with van der Waals surface area (Å²) in [4.78, 5) is 14.6. The molecule has 0 radical (unpaired) electrons. The minimum atomic E-state index is -0.0466. The molecule has 1 saturated carbocycles. The molecule has 4 heteroatoms. The topological polar surface area (TPSA) is 66.6 Å². The van der Waals surface area contributed by atoms with Crippen molar-refractivity contribution >= 4 is 5.91 Å². The Morgan fingerprint density at radius 3 is 2.47 bits per heavy atom. The number of nitrogens with zero attached hydrogens (tertiary/aromatic N) is 1. The molecule has 0 aromatic rings. The number of aliphatic hydroxyl groups is 1. The van der Waals surface area contributed by atoms with E-state index in [1.807, 2.05) is 4.90 Å². The van der Waals surface area contributed by atoms with Gasteiger partial charge in [0.15, 0.2) is 0 Å². The predicted molar refractivity (Wildman–Crippen MR) is 77.7 cm³/mol. The van der Waals surface area contributed by atoms with Crippen LogP contribution in [-0.2, 0) is 4.79 Å². The standard InChI is InChI=1S/C15H30N2O2/c1-3-12(4-2)17(10-11-18)15(19)13-8-6-5-7-9-14(13)16/h12-14,18H,3-11,16H2,1-2H3. The van der Waals surface area contributed by atoms with Gasteiger partial charge in [-0.3, -0.25) is 4.79 Å². The first-order chi connectivity index (χ1) is 9.15. The van der Waals surface area contributed by atoms with Crippen LogP contribution in [0.1, 0.15) is 58.8 Å². The molecule has 112 valence electrons. The molecular formula is C15H30N2O2. The van der Waals surface area contributed by atoms with Gasteiger partial charge >= 0.3 is 0 Å². The zero-order valence-corrected chi connectivity index (χ0v) is 12.5. The molecule has 0 bridgehead atoms. The third kappa shape index (κ3) is 4.46. The van der Waals surface area contributed by atoms with Crippen LogP contribution in [0.4, 0.5) is 0 Å². The smallest absolute Gasteiger partial charge is 0.227 e. The van der Waals surface area contributed by atoms with E-state index in [1.165, 1.54) is 6.42 Å². The average molecular weight is 270 g/mol. The zero-order valence-electron chi connectivity index (χ0n) is 12.5. The largest absolute Gasteiger partial charge is 0.395 e. The second-order valence-corrected chi connectivity index (χ2v) is 5.63. The van der Waals surface area contributed by atoms with Crippen LogP contribution in [0.25, 0.3) is 0 Å². The second kappa shape index (κ2) is 8.54. The molecule has 0 aromatic heterocycles. The minimum absolute atomic E-state index is 0.00875. The van der Waals surface area contributed by atoms with Crippen LogP contribution in [0.15, 0.2) is 0 Å². The monoisotopic (exact) mass is 270 g/mol. The molecular weight excluding hydrogens is 240 g/mol. The van der Waals surface area contributed by atoms with Crippen molar-refractivity contribution in [1.82, 2.24) is 4.90 Å². The lowest BCUT2D eigenvalue weighted by Crippen LogP contribution is -2.49. The number of nitrogens with two attached hydrogens (primary N) is 1. The molecule has 1 rings (SSSR count). The Labute approximate surface area is 117 Å². The van der Waals surface area contributed by atoms with E-state index in [1.54, 1.807) is 0 Å². The van der Waals surface area contributed by atoms with Gasteiger partial charge in [0, 0.05) is 18.6 Å². The fraction of sp³-hybridized carbons (Fsp3) is 0.933. The van der Waals surface area contributed by atoms with Crippen LogP contribution >= 0.6 is 0 Å². The minimum Gasteiger partial charge on any atom is -0.395 e. The van der Waals surface area contributed by atoms with E-state index in [2.05, 4.69) is 13.8 Å². The van der Waals surface area contributed by atoms with E-state index in [-0.39, 0.29) is 30.5 Å². The summed E-state index contributed by atoms with van der Waals surface area (Å²) in [5.74, 6) is 0.117. The first-order valence-corrected chi connectivity index (χ1v) is 7.82. The normalized spacial score (nSPS) is 24.3. The Morgan fingerprint density at radius 1 is 1.26 bits per heavy atom. The van der Waals surface area contributed by atoms with Gasteiger partial charge in [0.05, 0.1) is 12.5 Å². The van der Waals surface area contributed by atoms with Crippen LogP contribution < -0.4 is 5.73 Å². The molecule has 0 saturated heterocycles. The van der Waals surface area contributed by atoms with Gasteiger partial charge in [-0.2, -0.15) is 0 Å². The van der Waals surface area contributed by atoms with Crippen molar-refractivity contribution in [1.29, 1.82) is 0 Å². The number of carbonyl (C=O) groups excluding carboxylic acids is 1. The van der Waals surface area contributed by atoms with Crippen molar-refractivity contribution in [2.45, 2.75) is 70.9 Å². The van der Waals surface area contributed by atoms with Crippen LogP contribution in [-0.4, -0.2) is 41.1 Å². The van der Waals surface area contributed by atoms with Crippen molar-refractivity contribution in [3.63, 3.8) is 0 Å². The van der Waals surface area contributed by atoms with Gasteiger partial charge < -0.3 is 15.7 Å². The Hall–Kier alpha value is -0.610. The van der Waals surface area contributed by atoms with Crippen LogP contribution in [0, 0.1) is 5.92 Å². The lowest BCUT2D eigenvalue weighted by Gasteiger charge is -2.34. The Morgan fingerprint density at radius 2 is 1.89 bits per heavy atom. The third-order valence-corrected chi connectivity index (χ3v) is 4.39. The van der Waals surface area contributed by atoms with Gasteiger partial charge in [-0.25, -0.2) is 0 Å². The Balaban J connectivity index is 2.78. The van der Waals surface area contributed by atoms with E-state index in [0.29, 0.717) is 6.54 Å². The summed E-state index contributed by atoms with van der Waals surface area (Å²) in [6.07, 6.45) is 7.14. The van der Waals surface area contributed by atoms with Crippen molar-refractivity contribution in [2.75, 3.05) is 13.2 Å². The first kappa shape index (κ1) is 16.4. The fourth-order valence-electron chi connectivity index (χ4n) is 3.17. The summed E-state index contributed by atoms with van der Waals surface area (Å²) in [5.41, 5.74) is 6.19. The summed E-state index contributed by atoms with van der Waals surface area (Å²) in [6.45, 7) is 4.66. The van der Waals surface area contributed by atoms with Gasteiger partial charge in [0.25, 0.3) is 0 Å². The van der Waals surface area contributed by atoms with Crippen molar-refractivity contribution in [3.05, 3.63) is 0 Å². The molecule has 0 spiro atoms. The van der Waals surface area contributed by atoms with Crippen LogP contribution in [0.5, 0.6) is 0 Å². The van der Waals surface area contributed by atoms with Crippen molar-refractivity contribution in [3.8, 4) is 0 Å². The lowest BCUT2D eigenvalue weighted by atomic mass is 9.93. The molecule has 2 unspecified atom stereocenters. The predicted octanol–water partition coefficient (Wildman–Crippen LogP) is 1.90. The summed E-state index contributed by atoms with van der Waals surface area (Å²) in [5, 5.41) is 9.22. The molecule has 0 heterocycles. The summed E-state index contributed by atoms with van der Waals surface area (Å²) in [7, 11) is 0. The molecule has 1 fully saturated rings. The number of amides is 1. The highest BCUT2D eigenvalue weighted by Crippen LogP contribution is 2.25. The zero-order chi connectivity index (χ0) is 14.3. The van der Waals surface area contributed by atoms with E-state index in [9.17, 15) is 9.90 Å². The van der Waals surface area contributed by atoms with E-state index >= 15 is 0 Å². The molecule has 4 nitrogen and oxygen atoms in total. The number of hydrogen-bond donors (Lipinski definition) is 2. The maximum atomic E-state index is 12.7. The van der Waals surface area contributed by atoms with Crippen molar-refractivity contribution in [2.24, 2.45) is 11.7 Å². The number of rotatable bonds is 6. The summed E-state index contributed by atoms with van der Waals surface area (Å²) >= 11 is 0. The maximum Gasteiger partial charge on any atom is 0.227 e. The lowest BCUT2D eigenvalue weighted by molar-refractivity contribution is -0.139. The molecule has 2 atom stereocenters. The van der Waals surface area contributed by atoms with Gasteiger partial charge in [-0.15, -0.1) is 0 Å². The molecule has 1 aliphatic carbocycles. The quantitative estimate of drug-likeness (QED) is 0.724. The molecule has 1 aliphatic rings. The number of aliphatic hydroxyl groups excluding tert-OH is 1. The van der Waals surface area contributed by atoms with Gasteiger partial charge in [-0.1, -0.05) is 33.1 Å². The molecule has 1 amide bonds. The highest BCUT2D eigenvalue weighted by atomic mass is 16.3. The van der Waals surface area contributed by atoms with Gasteiger partial charge in [0.1, 0.15) is 0 Å². The second-order valence-electron chi connectivity index (χ2n) is 5.63. The van der Waals surface area contributed by atoms with E-state index in [0.717, 1.165) is 38.5 Å². The molecule has 3 N–H and O–H groups in total. The highest BCUT2D eigenvalue weighted by Gasteiger charge is 2.32. The maximum absolute atomic E-state index is 12.7. The fourth-order valence-corrected chi connectivity index (χ4v) is 3.17. The van der Waals surface area contributed by atoms with Crippen LogP contribution in [0.2, 0.25) is 0 Å². The van der Waals surface area contributed by atoms with Crippen LogP contribution in [0.3, 0.4) is 0 Å². The molecule has 0 aromatic carbocycles. The Bertz CT molecular complexity index is 267. The SMILES string of the molecule is CCC(CC)N(CCO)C(=O)C1CCCCCC1N. The van der Waals surface area contributed by atoms with Gasteiger partial charge in [-0.05, 0) is 25.7 Å². The number of hydrogen-bond acceptors (Lipinski definition) is 3. The van der Waals surface area contributed by atoms with Gasteiger partial charge in [0.2, 0.25) is 5.91 Å². The van der Waals surface area contributed by atoms with Crippen molar-refractivity contribution < 1.29 is 9.90 Å². The number of carbonyl (C=O) groups is 1. The van der Waals surface area contributed by atoms with E-state index < -0.39 is 0 Å². The highest BCUT2D eigenvalue weighted by molar-refractivity contribution is 5.80. The average Bonchev–Trinajstić information content (AvgIpc) is 2.63.